The number of hydrogen-bond donors (Lipinski definition) is 3. The van der Waals surface area contributed by atoms with E-state index in [1.54, 1.807) is 19.2 Å². The van der Waals surface area contributed by atoms with Crippen LogP contribution >= 0.6 is 22.6 Å². The molecule has 0 heterocycles. The summed E-state index contributed by atoms with van der Waals surface area (Å²) in [4.78, 5) is 22.2. The number of likely N-dealkylation sites (N-methyl/N-ethyl adjacent to an activating group) is 1. The van der Waals surface area contributed by atoms with E-state index in [1.165, 1.54) is 6.07 Å². The van der Waals surface area contributed by atoms with Crippen LogP contribution in [-0.4, -0.2) is 30.6 Å². The first-order chi connectivity index (χ1) is 7.54. The van der Waals surface area contributed by atoms with Gasteiger partial charge in [0.05, 0.1) is 17.8 Å². The molecule has 0 aliphatic heterocycles. The number of hydrogen-bond acceptors (Lipinski definition) is 3. The molecule has 1 aromatic carbocycles. The molecule has 0 aliphatic carbocycles. The lowest BCUT2D eigenvalue weighted by molar-refractivity contribution is -0.115. The number of anilines is 1. The smallest absolute Gasteiger partial charge is 0.337 e. The van der Waals surface area contributed by atoms with Crippen LogP contribution in [0.25, 0.3) is 0 Å². The Morgan fingerprint density at radius 1 is 1.44 bits per heavy atom. The van der Waals surface area contributed by atoms with Gasteiger partial charge < -0.3 is 15.7 Å². The number of halogens is 1. The maximum absolute atomic E-state index is 11.3. The average Bonchev–Trinajstić information content (AvgIpc) is 2.20. The van der Waals surface area contributed by atoms with E-state index >= 15 is 0 Å². The molecule has 0 saturated heterocycles. The molecule has 5 nitrogen and oxygen atoms in total. The van der Waals surface area contributed by atoms with Crippen LogP contribution in [0.15, 0.2) is 18.2 Å². The van der Waals surface area contributed by atoms with Crippen LogP contribution < -0.4 is 10.6 Å². The van der Waals surface area contributed by atoms with Crippen LogP contribution in [0.2, 0.25) is 0 Å². The minimum atomic E-state index is -1.06. The zero-order chi connectivity index (χ0) is 12.1. The lowest BCUT2D eigenvalue weighted by Crippen LogP contribution is -2.25. The molecule has 0 radical (unpaired) electrons. The third kappa shape index (κ3) is 3.46. The van der Waals surface area contributed by atoms with Crippen LogP contribution in [0.1, 0.15) is 10.4 Å². The summed E-state index contributed by atoms with van der Waals surface area (Å²) >= 11 is 2.02. The molecule has 1 rings (SSSR count). The van der Waals surface area contributed by atoms with Gasteiger partial charge in [-0.2, -0.15) is 0 Å². The van der Waals surface area contributed by atoms with Crippen molar-refractivity contribution in [3.8, 4) is 0 Å². The normalized spacial score (nSPS) is 9.88. The van der Waals surface area contributed by atoms with Crippen molar-refractivity contribution in [1.82, 2.24) is 5.32 Å². The molecule has 0 bridgehead atoms. The van der Waals surface area contributed by atoms with Gasteiger partial charge in [-0.3, -0.25) is 4.79 Å². The van der Waals surface area contributed by atoms with Crippen molar-refractivity contribution in [1.29, 1.82) is 0 Å². The lowest BCUT2D eigenvalue weighted by Gasteiger charge is -2.08. The Balaban J connectivity index is 2.95. The van der Waals surface area contributed by atoms with Gasteiger partial charge in [-0.25, -0.2) is 4.79 Å². The zero-order valence-electron chi connectivity index (χ0n) is 8.58. The number of rotatable bonds is 4. The van der Waals surface area contributed by atoms with Gasteiger partial charge in [0.1, 0.15) is 0 Å². The largest absolute Gasteiger partial charge is 0.478 e. The molecule has 6 heteroatoms. The summed E-state index contributed by atoms with van der Waals surface area (Å²) in [5, 5.41) is 14.2. The van der Waals surface area contributed by atoms with Crippen LogP contribution in [0.3, 0.4) is 0 Å². The van der Waals surface area contributed by atoms with Crippen LogP contribution in [0.5, 0.6) is 0 Å². The molecule has 86 valence electrons. The van der Waals surface area contributed by atoms with Gasteiger partial charge in [-0.1, -0.05) is 0 Å². The van der Waals surface area contributed by atoms with Gasteiger partial charge in [0.2, 0.25) is 5.91 Å². The summed E-state index contributed by atoms with van der Waals surface area (Å²) in [5.41, 5.74) is 0.407. The number of carboxylic acids is 1. The van der Waals surface area contributed by atoms with E-state index in [2.05, 4.69) is 10.6 Å². The molecule has 16 heavy (non-hydrogen) atoms. The molecule has 0 fully saturated rings. The van der Waals surface area contributed by atoms with E-state index in [9.17, 15) is 9.59 Å². The molecular formula is C10H11IN2O3. The Kier molecular flexibility index (Phi) is 4.69. The number of amides is 1. The number of carbonyl (C=O) groups excluding carboxylic acids is 1. The molecule has 0 atom stereocenters. The number of benzene rings is 1. The first kappa shape index (κ1) is 12.9. The maximum Gasteiger partial charge on any atom is 0.337 e. The number of aromatic carboxylic acids is 1. The molecule has 0 aromatic heterocycles. The highest BCUT2D eigenvalue weighted by molar-refractivity contribution is 14.1. The van der Waals surface area contributed by atoms with E-state index < -0.39 is 5.97 Å². The highest BCUT2D eigenvalue weighted by Crippen LogP contribution is 2.18. The second kappa shape index (κ2) is 5.80. The number of carboxylic acid groups (broad SMARTS) is 1. The Labute approximate surface area is 106 Å². The Morgan fingerprint density at radius 3 is 2.69 bits per heavy atom. The molecule has 0 unspecified atom stereocenters. The molecule has 0 aliphatic rings. The van der Waals surface area contributed by atoms with Crippen LogP contribution in [0, 0.1) is 3.57 Å². The van der Waals surface area contributed by atoms with Gasteiger partial charge in [0.15, 0.2) is 0 Å². The topological polar surface area (TPSA) is 78.4 Å². The Morgan fingerprint density at radius 2 is 2.12 bits per heavy atom. The molecule has 0 spiro atoms. The van der Waals surface area contributed by atoms with Crippen molar-refractivity contribution in [2.75, 3.05) is 18.9 Å². The van der Waals surface area contributed by atoms with Crippen LogP contribution in [-0.2, 0) is 4.79 Å². The minimum absolute atomic E-state index is 0.0938. The summed E-state index contributed by atoms with van der Waals surface area (Å²) in [7, 11) is 1.64. The fourth-order valence-electron chi connectivity index (χ4n) is 1.16. The second-order valence-corrected chi connectivity index (χ2v) is 4.32. The fourth-order valence-corrected chi connectivity index (χ4v) is 1.65. The summed E-state index contributed by atoms with van der Waals surface area (Å²) in [6.07, 6.45) is 0. The van der Waals surface area contributed by atoms with Crippen molar-refractivity contribution in [2.24, 2.45) is 0 Å². The van der Waals surface area contributed by atoms with Crippen molar-refractivity contribution in [3.05, 3.63) is 27.3 Å². The SMILES string of the molecule is CNCC(=O)Nc1ccc(I)cc1C(=O)O. The fraction of sp³-hybridized carbons (Fsp3) is 0.200. The van der Waals surface area contributed by atoms with Crippen molar-refractivity contribution < 1.29 is 14.7 Å². The third-order valence-corrected chi connectivity index (χ3v) is 2.49. The molecule has 0 saturated carbocycles. The highest BCUT2D eigenvalue weighted by Gasteiger charge is 2.12. The Bertz CT molecular complexity index is 421. The lowest BCUT2D eigenvalue weighted by atomic mass is 10.2. The van der Waals surface area contributed by atoms with Gasteiger partial charge in [-0.05, 0) is 47.8 Å². The number of nitrogens with one attached hydrogen (secondary N) is 2. The zero-order valence-corrected chi connectivity index (χ0v) is 10.7. The molecule has 3 N–H and O–H groups in total. The first-order valence-electron chi connectivity index (χ1n) is 4.52. The molecule has 1 aromatic rings. The summed E-state index contributed by atoms with van der Waals surface area (Å²) in [5.74, 6) is -1.33. The van der Waals surface area contributed by atoms with Gasteiger partial charge in [0.25, 0.3) is 0 Å². The van der Waals surface area contributed by atoms with E-state index in [1.807, 2.05) is 22.6 Å². The second-order valence-electron chi connectivity index (χ2n) is 3.07. The van der Waals surface area contributed by atoms with Gasteiger partial charge in [0, 0.05) is 3.57 Å². The summed E-state index contributed by atoms with van der Waals surface area (Å²) < 4.78 is 0.807. The molecule has 1 amide bonds. The van der Waals surface area contributed by atoms with E-state index in [0.717, 1.165) is 3.57 Å². The predicted molar refractivity (Wildman–Crippen MR) is 68.7 cm³/mol. The summed E-state index contributed by atoms with van der Waals surface area (Å²) in [6, 6.07) is 4.83. The highest BCUT2D eigenvalue weighted by atomic mass is 127. The third-order valence-electron chi connectivity index (χ3n) is 1.82. The van der Waals surface area contributed by atoms with Crippen molar-refractivity contribution in [3.63, 3.8) is 0 Å². The van der Waals surface area contributed by atoms with Crippen LogP contribution in [0.4, 0.5) is 5.69 Å². The Hall–Kier alpha value is -1.15. The molecular weight excluding hydrogens is 323 g/mol. The van der Waals surface area contributed by atoms with E-state index in [4.69, 9.17) is 5.11 Å². The quantitative estimate of drug-likeness (QED) is 0.722. The average molecular weight is 334 g/mol. The minimum Gasteiger partial charge on any atom is -0.478 e. The standard InChI is InChI=1S/C10H11IN2O3/c1-12-5-9(14)13-8-3-2-6(11)4-7(8)10(15)16/h2-4,12H,5H2,1H3,(H,13,14)(H,15,16). The van der Waals surface area contributed by atoms with Gasteiger partial charge >= 0.3 is 5.97 Å². The summed E-state index contributed by atoms with van der Waals surface area (Å²) in [6.45, 7) is 0.144. The van der Waals surface area contributed by atoms with E-state index in [0.29, 0.717) is 5.69 Å². The van der Waals surface area contributed by atoms with Crippen molar-refractivity contribution in [2.45, 2.75) is 0 Å². The van der Waals surface area contributed by atoms with Crippen molar-refractivity contribution >= 4 is 40.2 Å². The number of carbonyl (C=O) groups is 2. The van der Waals surface area contributed by atoms with E-state index in [-0.39, 0.29) is 18.0 Å². The van der Waals surface area contributed by atoms with Gasteiger partial charge in [-0.15, -0.1) is 0 Å². The predicted octanol–water partition coefficient (Wildman–Crippen LogP) is 1.15. The maximum atomic E-state index is 11.3. The first-order valence-corrected chi connectivity index (χ1v) is 5.59. The monoisotopic (exact) mass is 334 g/mol.